The van der Waals surface area contributed by atoms with Gasteiger partial charge in [-0.3, -0.25) is 14.2 Å². The molecule has 0 unspecified atom stereocenters. The summed E-state index contributed by atoms with van der Waals surface area (Å²) < 4.78 is 0.890. The Morgan fingerprint density at radius 3 is 2.70 bits per heavy atom. The molecule has 0 atom stereocenters. The lowest BCUT2D eigenvalue weighted by Crippen LogP contribution is -2.45. The second-order valence-corrected chi connectivity index (χ2v) is 5.62. The zero-order chi connectivity index (χ0) is 14.8. The Bertz CT molecular complexity index is 611. The first-order valence-electron chi connectivity index (χ1n) is 6.71. The summed E-state index contributed by atoms with van der Waals surface area (Å²) in [7, 11) is 1.34. The van der Waals surface area contributed by atoms with Gasteiger partial charge in [-0.1, -0.05) is 6.92 Å². The predicted octanol–water partition coefficient (Wildman–Crippen LogP) is -0.807. The van der Waals surface area contributed by atoms with Crippen LogP contribution in [0, 0.1) is 5.41 Å². The Hall–Kier alpha value is -1.89. The maximum atomic E-state index is 12.1. The Morgan fingerprint density at radius 2 is 2.05 bits per heavy atom. The third-order valence-corrected chi connectivity index (χ3v) is 3.91. The van der Waals surface area contributed by atoms with Crippen LogP contribution in [0.3, 0.4) is 0 Å². The Kier molecular flexibility index (Phi) is 4.08. The summed E-state index contributed by atoms with van der Waals surface area (Å²) in [6, 6.07) is 0. The summed E-state index contributed by atoms with van der Waals surface area (Å²) in [5.41, 5.74) is -1.10. The number of carbonyl (C=O) groups excluding carboxylic acids is 1. The molecular weight excluding hydrogens is 260 g/mol. The van der Waals surface area contributed by atoms with Gasteiger partial charge in [0, 0.05) is 19.8 Å². The van der Waals surface area contributed by atoms with E-state index in [2.05, 4.69) is 22.5 Å². The molecule has 0 radical (unpaired) electrons. The Labute approximate surface area is 116 Å². The largest absolute Gasteiger partial charge is 0.351 e. The van der Waals surface area contributed by atoms with E-state index in [0.29, 0.717) is 6.54 Å². The van der Waals surface area contributed by atoms with E-state index in [4.69, 9.17) is 0 Å². The first-order chi connectivity index (χ1) is 9.43. The quantitative estimate of drug-likeness (QED) is 0.675. The van der Waals surface area contributed by atoms with Gasteiger partial charge in [0.25, 0.3) is 11.5 Å². The smallest absolute Gasteiger partial charge is 0.328 e. The highest BCUT2D eigenvalue weighted by Gasteiger charge is 2.27. The van der Waals surface area contributed by atoms with Gasteiger partial charge in [0.15, 0.2) is 0 Å². The van der Waals surface area contributed by atoms with Crippen LogP contribution in [-0.2, 0) is 7.05 Å². The number of hydrogen-bond donors (Lipinski definition) is 3. The van der Waals surface area contributed by atoms with Crippen molar-refractivity contribution in [3.63, 3.8) is 0 Å². The zero-order valence-corrected chi connectivity index (χ0v) is 11.8. The van der Waals surface area contributed by atoms with Crippen LogP contribution >= 0.6 is 0 Å². The molecular formula is C13H20N4O3. The van der Waals surface area contributed by atoms with Gasteiger partial charge in [-0.05, 0) is 31.3 Å². The molecule has 3 N–H and O–H groups in total. The summed E-state index contributed by atoms with van der Waals surface area (Å²) in [6.07, 6.45) is 3.14. The molecule has 2 rings (SSSR count). The minimum Gasteiger partial charge on any atom is -0.351 e. The van der Waals surface area contributed by atoms with E-state index in [1.54, 1.807) is 0 Å². The van der Waals surface area contributed by atoms with Crippen LogP contribution in [0.1, 0.15) is 30.1 Å². The molecule has 20 heavy (non-hydrogen) atoms. The molecule has 1 fully saturated rings. The lowest BCUT2D eigenvalue weighted by atomic mass is 9.81. The van der Waals surface area contributed by atoms with Gasteiger partial charge in [-0.25, -0.2) is 4.79 Å². The molecule has 110 valence electrons. The number of aromatic amines is 1. The summed E-state index contributed by atoms with van der Waals surface area (Å²) >= 11 is 0. The highest BCUT2D eigenvalue weighted by Crippen LogP contribution is 2.26. The van der Waals surface area contributed by atoms with Crippen LogP contribution < -0.4 is 21.9 Å². The van der Waals surface area contributed by atoms with Gasteiger partial charge in [0.1, 0.15) is 5.56 Å². The molecule has 1 amide bonds. The molecule has 1 aromatic heterocycles. The standard InChI is InChI=1S/C13H20N4O3/c1-13(3-5-14-6-4-13)8-16-10(18)9-7-15-12(20)17(2)11(9)19/h7,14H,3-6,8H2,1-2H3,(H,15,20)(H,16,18). The molecule has 0 bridgehead atoms. The number of nitrogens with zero attached hydrogens (tertiary/aromatic N) is 1. The number of aromatic nitrogens is 2. The average Bonchev–Trinajstić information content (AvgIpc) is 2.43. The highest BCUT2D eigenvalue weighted by atomic mass is 16.2. The molecule has 7 heteroatoms. The number of H-pyrrole nitrogens is 1. The number of hydrogen-bond acceptors (Lipinski definition) is 4. The van der Waals surface area contributed by atoms with Crippen molar-refractivity contribution < 1.29 is 4.79 Å². The topological polar surface area (TPSA) is 96.0 Å². The molecule has 1 aliphatic heterocycles. The molecule has 0 spiro atoms. The van der Waals surface area contributed by atoms with Crippen LogP contribution in [0.15, 0.2) is 15.8 Å². The van der Waals surface area contributed by atoms with Crippen molar-refractivity contribution in [1.29, 1.82) is 0 Å². The lowest BCUT2D eigenvalue weighted by Gasteiger charge is -2.34. The number of rotatable bonds is 3. The van der Waals surface area contributed by atoms with Crippen molar-refractivity contribution in [2.24, 2.45) is 12.5 Å². The van der Waals surface area contributed by atoms with Crippen LogP contribution in [0.25, 0.3) is 0 Å². The van der Waals surface area contributed by atoms with Crippen molar-refractivity contribution in [1.82, 2.24) is 20.2 Å². The fourth-order valence-electron chi connectivity index (χ4n) is 2.32. The van der Waals surface area contributed by atoms with Crippen LogP contribution in [-0.4, -0.2) is 35.1 Å². The monoisotopic (exact) mass is 280 g/mol. The fraction of sp³-hybridized carbons (Fsp3) is 0.615. The number of carbonyl (C=O) groups is 1. The summed E-state index contributed by atoms with van der Waals surface area (Å²) in [5.74, 6) is -0.443. The molecule has 7 nitrogen and oxygen atoms in total. The van der Waals surface area contributed by atoms with Crippen molar-refractivity contribution in [2.75, 3.05) is 19.6 Å². The van der Waals surface area contributed by atoms with Gasteiger partial charge in [0.2, 0.25) is 0 Å². The molecule has 2 heterocycles. The average molecular weight is 280 g/mol. The number of piperidine rings is 1. The maximum Gasteiger partial charge on any atom is 0.328 e. The number of nitrogens with one attached hydrogen (secondary N) is 3. The Balaban J connectivity index is 2.07. The van der Waals surface area contributed by atoms with E-state index in [1.807, 2.05) is 0 Å². The van der Waals surface area contributed by atoms with Crippen molar-refractivity contribution >= 4 is 5.91 Å². The summed E-state index contributed by atoms with van der Waals surface area (Å²) in [4.78, 5) is 37.5. The Morgan fingerprint density at radius 1 is 1.40 bits per heavy atom. The van der Waals surface area contributed by atoms with Gasteiger partial charge < -0.3 is 15.6 Å². The van der Waals surface area contributed by atoms with Crippen molar-refractivity contribution in [3.8, 4) is 0 Å². The van der Waals surface area contributed by atoms with E-state index in [-0.39, 0.29) is 11.0 Å². The first-order valence-corrected chi connectivity index (χ1v) is 6.71. The van der Waals surface area contributed by atoms with E-state index >= 15 is 0 Å². The molecule has 1 aromatic rings. The third kappa shape index (κ3) is 2.98. The van der Waals surface area contributed by atoms with Crippen LogP contribution in [0.4, 0.5) is 0 Å². The van der Waals surface area contributed by atoms with E-state index in [9.17, 15) is 14.4 Å². The summed E-state index contributed by atoms with van der Waals surface area (Å²) in [6.45, 7) is 4.52. The lowest BCUT2D eigenvalue weighted by molar-refractivity contribution is 0.0919. The zero-order valence-electron chi connectivity index (χ0n) is 11.8. The van der Waals surface area contributed by atoms with E-state index in [0.717, 1.165) is 30.5 Å². The normalized spacial score (nSPS) is 17.7. The van der Waals surface area contributed by atoms with Gasteiger partial charge in [-0.2, -0.15) is 0 Å². The van der Waals surface area contributed by atoms with Gasteiger partial charge >= 0.3 is 5.69 Å². The van der Waals surface area contributed by atoms with Crippen molar-refractivity contribution in [2.45, 2.75) is 19.8 Å². The molecule has 1 aliphatic rings. The maximum absolute atomic E-state index is 12.1. The minimum absolute atomic E-state index is 0.0374. The SMILES string of the molecule is Cn1c(=O)[nH]cc(C(=O)NCC2(C)CCNCC2)c1=O. The van der Waals surface area contributed by atoms with E-state index in [1.165, 1.54) is 13.2 Å². The van der Waals surface area contributed by atoms with Gasteiger partial charge in [-0.15, -0.1) is 0 Å². The summed E-state index contributed by atoms with van der Waals surface area (Å²) in [5, 5.41) is 6.07. The van der Waals surface area contributed by atoms with E-state index < -0.39 is 17.2 Å². The van der Waals surface area contributed by atoms with Gasteiger partial charge in [0.05, 0.1) is 0 Å². The highest BCUT2D eigenvalue weighted by molar-refractivity contribution is 5.93. The third-order valence-electron chi connectivity index (χ3n) is 3.91. The van der Waals surface area contributed by atoms with Crippen molar-refractivity contribution in [3.05, 3.63) is 32.6 Å². The molecule has 1 saturated heterocycles. The number of amides is 1. The minimum atomic E-state index is -0.582. The molecule has 0 aliphatic carbocycles. The second-order valence-electron chi connectivity index (χ2n) is 5.62. The predicted molar refractivity (Wildman–Crippen MR) is 74.8 cm³/mol. The fourth-order valence-corrected chi connectivity index (χ4v) is 2.32. The van der Waals surface area contributed by atoms with Crippen LogP contribution in [0.5, 0.6) is 0 Å². The molecule has 0 aromatic carbocycles. The first kappa shape index (κ1) is 14.5. The second kappa shape index (κ2) is 5.62. The van der Waals surface area contributed by atoms with Crippen LogP contribution in [0.2, 0.25) is 0 Å². The molecule has 0 saturated carbocycles.